The highest BCUT2D eigenvalue weighted by Gasteiger charge is 2.27. The van der Waals surface area contributed by atoms with Crippen molar-refractivity contribution in [3.63, 3.8) is 0 Å². The minimum Gasteiger partial charge on any atom is -0.381 e. The molecule has 0 radical (unpaired) electrons. The van der Waals surface area contributed by atoms with Crippen LogP contribution in [0, 0.1) is 11.3 Å². The van der Waals surface area contributed by atoms with Crippen LogP contribution in [0.4, 0.5) is 0 Å². The van der Waals surface area contributed by atoms with Gasteiger partial charge in [0.2, 0.25) is 0 Å². The van der Waals surface area contributed by atoms with Gasteiger partial charge in [0, 0.05) is 14.6 Å². The van der Waals surface area contributed by atoms with Crippen molar-refractivity contribution in [2.24, 2.45) is 11.3 Å². The van der Waals surface area contributed by atoms with E-state index in [2.05, 4.69) is 20.8 Å². The monoisotopic (exact) mass is 129 g/mol. The molecule has 0 aromatic rings. The second-order valence-corrected chi connectivity index (χ2v) is 3.66. The lowest BCUT2D eigenvalue weighted by atomic mass is 9.80. The maximum absolute atomic E-state index is 8.01. The molecule has 0 amide bonds. The Labute approximate surface area is 58.8 Å². The number of hydrogen-bond donors (Lipinski definition) is 0. The molecule has 1 unspecified atom stereocenters. The Bertz CT molecular complexity index is 120. The van der Waals surface area contributed by atoms with Gasteiger partial charge in [-0.25, -0.2) is 0 Å². The normalized spacial score (nSPS) is 38.8. The summed E-state index contributed by atoms with van der Waals surface area (Å²) in [6.45, 7) is 7.69. The minimum atomic E-state index is -0.340. The first-order valence-electron chi connectivity index (χ1n) is 4.03. The Morgan fingerprint density at radius 1 is 1.56 bits per heavy atom. The fourth-order valence-electron chi connectivity index (χ4n) is 1.05. The molecule has 54 valence electrons. The van der Waals surface area contributed by atoms with Crippen molar-refractivity contribution in [2.75, 3.05) is 13.2 Å². The molecular weight excluding hydrogens is 112 g/mol. The predicted molar refractivity (Wildman–Crippen MR) is 38.4 cm³/mol. The molecule has 0 N–H and O–H groups in total. The zero-order chi connectivity index (χ0) is 7.83. The van der Waals surface area contributed by atoms with Crippen LogP contribution in [0.2, 0.25) is 0 Å². The van der Waals surface area contributed by atoms with Crippen LogP contribution in [0.15, 0.2) is 0 Å². The molecule has 1 nitrogen and oxygen atoms in total. The van der Waals surface area contributed by atoms with Gasteiger partial charge in [0.1, 0.15) is 0 Å². The zero-order valence-electron chi connectivity index (χ0n) is 7.53. The van der Waals surface area contributed by atoms with Crippen LogP contribution in [0.25, 0.3) is 0 Å². The molecule has 1 heteroatoms. The fraction of sp³-hybridized carbons (Fsp3) is 1.00. The molecule has 0 aromatic heterocycles. The Kier molecular flexibility index (Phi) is 1.46. The topological polar surface area (TPSA) is 9.23 Å². The first-order chi connectivity index (χ1) is 4.46. The van der Waals surface area contributed by atoms with Crippen LogP contribution in [-0.4, -0.2) is 13.2 Å². The summed E-state index contributed by atoms with van der Waals surface area (Å²) in [4.78, 5) is 0. The highest BCUT2D eigenvalue weighted by molar-refractivity contribution is 4.76. The second-order valence-electron chi connectivity index (χ2n) is 3.66. The third-order valence-electron chi connectivity index (χ3n) is 1.89. The van der Waals surface area contributed by atoms with Gasteiger partial charge in [0.25, 0.3) is 0 Å². The minimum absolute atomic E-state index is 0.0590. The molecule has 1 rings (SSSR count). The summed E-state index contributed by atoms with van der Waals surface area (Å²) >= 11 is 0. The van der Waals surface area contributed by atoms with E-state index >= 15 is 0 Å². The molecular formula is C8H16O. The maximum Gasteiger partial charge on any atom is 0.0500 e. The van der Waals surface area contributed by atoms with Gasteiger partial charge >= 0.3 is 0 Å². The average molecular weight is 129 g/mol. The van der Waals surface area contributed by atoms with E-state index in [0.717, 1.165) is 13.0 Å². The van der Waals surface area contributed by atoms with Crippen molar-refractivity contribution in [3.8, 4) is 0 Å². The predicted octanol–water partition coefficient (Wildman–Crippen LogP) is 2.07. The Morgan fingerprint density at radius 2 is 2.22 bits per heavy atom. The van der Waals surface area contributed by atoms with E-state index in [1.54, 1.807) is 0 Å². The Hall–Kier alpha value is -0.0400. The van der Waals surface area contributed by atoms with E-state index in [9.17, 15) is 0 Å². The summed E-state index contributed by atoms with van der Waals surface area (Å²) in [7, 11) is 0. The van der Waals surface area contributed by atoms with E-state index in [4.69, 9.17) is 6.11 Å². The third-order valence-corrected chi connectivity index (χ3v) is 1.89. The summed E-state index contributed by atoms with van der Waals surface area (Å²) in [6, 6.07) is 0. The Balaban J connectivity index is 2.67. The third kappa shape index (κ3) is 1.68. The maximum atomic E-state index is 8.01. The number of rotatable bonds is 0. The largest absolute Gasteiger partial charge is 0.381 e. The lowest BCUT2D eigenvalue weighted by Gasteiger charge is -2.24. The first-order valence-corrected chi connectivity index (χ1v) is 3.53. The smallest absolute Gasteiger partial charge is 0.0500 e. The van der Waals surface area contributed by atoms with Crippen LogP contribution < -0.4 is 0 Å². The molecule has 1 saturated heterocycles. The lowest BCUT2D eigenvalue weighted by molar-refractivity contribution is 0.152. The SMILES string of the molecule is [2H]C1(C(C)(C)C)CCOC1. The number of hydrogen-bond acceptors (Lipinski definition) is 1. The number of ether oxygens (including phenoxy) is 1. The molecule has 1 atom stereocenters. The molecule has 0 saturated carbocycles. The second kappa shape index (κ2) is 2.30. The fourth-order valence-corrected chi connectivity index (χ4v) is 1.05. The van der Waals surface area contributed by atoms with E-state index < -0.39 is 0 Å². The molecule has 0 spiro atoms. The van der Waals surface area contributed by atoms with Gasteiger partial charge in [-0.2, -0.15) is 0 Å². The van der Waals surface area contributed by atoms with Gasteiger partial charge in [-0.1, -0.05) is 20.8 Å². The quantitative estimate of drug-likeness (QED) is 0.486. The van der Waals surface area contributed by atoms with Gasteiger partial charge in [-0.05, 0) is 17.7 Å². The average Bonchev–Trinajstić information content (AvgIpc) is 2.13. The highest BCUT2D eigenvalue weighted by atomic mass is 16.5. The summed E-state index contributed by atoms with van der Waals surface area (Å²) in [6.07, 6.45) is 0.885. The molecule has 0 aromatic carbocycles. The van der Waals surface area contributed by atoms with Crippen LogP contribution in [0.3, 0.4) is 0 Å². The molecule has 1 fully saturated rings. The van der Waals surface area contributed by atoms with Gasteiger partial charge in [-0.3, -0.25) is 0 Å². The van der Waals surface area contributed by atoms with Crippen molar-refractivity contribution < 1.29 is 6.11 Å². The summed E-state index contributed by atoms with van der Waals surface area (Å²) in [5.41, 5.74) is 0.0590. The molecule has 9 heavy (non-hydrogen) atoms. The standard InChI is InChI=1S/C8H16O/c1-8(2,3)7-4-5-9-6-7/h7H,4-6H2,1-3H3/i7D. The summed E-state index contributed by atoms with van der Waals surface area (Å²) in [5, 5.41) is 0. The van der Waals surface area contributed by atoms with Crippen molar-refractivity contribution >= 4 is 0 Å². The summed E-state index contributed by atoms with van der Waals surface area (Å²) < 4.78 is 13.2. The van der Waals surface area contributed by atoms with Crippen LogP contribution >= 0.6 is 0 Å². The van der Waals surface area contributed by atoms with E-state index in [-0.39, 0.29) is 11.3 Å². The molecule has 1 aliphatic heterocycles. The summed E-state index contributed by atoms with van der Waals surface area (Å²) in [5.74, 6) is -0.340. The van der Waals surface area contributed by atoms with E-state index in [1.165, 1.54) is 0 Å². The van der Waals surface area contributed by atoms with Crippen molar-refractivity contribution in [2.45, 2.75) is 27.2 Å². The van der Waals surface area contributed by atoms with Crippen LogP contribution in [0.5, 0.6) is 0 Å². The van der Waals surface area contributed by atoms with E-state index in [1.807, 2.05) is 0 Å². The van der Waals surface area contributed by atoms with Crippen molar-refractivity contribution in [3.05, 3.63) is 0 Å². The molecule has 1 heterocycles. The van der Waals surface area contributed by atoms with E-state index in [0.29, 0.717) is 6.61 Å². The molecule has 0 aliphatic carbocycles. The Morgan fingerprint density at radius 3 is 2.44 bits per heavy atom. The van der Waals surface area contributed by atoms with Gasteiger partial charge in [0.05, 0.1) is 0 Å². The first kappa shape index (κ1) is 5.72. The van der Waals surface area contributed by atoms with Crippen LogP contribution in [0.1, 0.15) is 28.6 Å². The molecule has 1 aliphatic rings. The van der Waals surface area contributed by atoms with Crippen LogP contribution in [-0.2, 0) is 4.74 Å². The van der Waals surface area contributed by atoms with Crippen molar-refractivity contribution in [1.29, 1.82) is 0 Å². The van der Waals surface area contributed by atoms with Gasteiger partial charge in [-0.15, -0.1) is 0 Å². The lowest BCUT2D eigenvalue weighted by Crippen LogP contribution is -2.19. The van der Waals surface area contributed by atoms with Gasteiger partial charge in [0.15, 0.2) is 0 Å². The zero-order valence-corrected chi connectivity index (χ0v) is 6.53. The molecule has 0 bridgehead atoms. The van der Waals surface area contributed by atoms with Gasteiger partial charge < -0.3 is 4.74 Å². The highest BCUT2D eigenvalue weighted by Crippen LogP contribution is 2.31. The van der Waals surface area contributed by atoms with Crippen molar-refractivity contribution in [1.82, 2.24) is 0 Å².